The van der Waals surface area contributed by atoms with Gasteiger partial charge in [0.25, 0.3) is 0 Å². The van der Waals surface area contributed by atoms with Crippen molar-refractivity contribution >= 4 is 0 Å². The minimum absolute atomic E-state index is 0.0487. The van der Waals surface area contributed by atoms with E-state index in [1.165, 1.54) is 0 Å². The molecule has 2 rings (SSSR count). The Balaban J connectivity index is 2.00. The monoisotopic (exact) mass is 319 g/mol. The van der Waals surface area contributed by atoms with Gasteiger partial charge < -0.3 is 10.0 Å². The van der Waals surface area contributed by atoms with Crippen LogP contribution in [0.1, 0.15) is 33.6 Å². The molecule has 2 aliphatic rings. The van der Waals surface area contributed by atoms with E-state index in [0.717, 1.165) is 25.9 Å². The van der Waals surface area contributed by atoms with Gasteiger partial charge in [0, 0.05) is 24.7 Å². The minimum Gasteiger partial charge on any atom is -0.377 e. The number of allylic oxidation sites excluding steroid dienone is 5. The molecule has 2 aliphatic heterocycles. The summed E-state index contributed by atoms with van der Waals surface area (Å²) in [5, 5.41) is 13.9. The normalized spacial score (nSPS) is 37.8. The van der Waals surface area contributed by atoms with Crippen LogP contribution in [-0.4, -0.2) is 65.4 Å². The van der Waals surface area contributed by atoms with Crippen molar-refractivity contribution in [1.82, 2.24) is 15.1 Å². The lowest BCUT2D eigenvalue weighted by molar-refractivity contribution is 0.00326. The molecule has 0 aromatic carbocycles. The van der Waals surface area contributed by atoms with E-state index >= 15 is 0 Å². The number of nitrogens with one attached hydrogen (secondary N) is 1. The van der Waals surface area contributed by atoms with Crippen LogP contribution in [0.15, 0.2) is 36.5 Å². The van der Waals surface area contributed by atoms with Crippen LogP contribution in [0.5, 0.6) is 0 Å². The summed E-state index contributed by atoms with van der Waals surface area (Å²) in [6, 6.07) is 1.32. The molecule has 0 aromatic heterocycles. The van der Waals surface area contributed by atoms with Crippen LogP contribution < -0.4 is 5.32 Å². The fourth-order valence-electron chi connectivity index (χ4n) is 3.84. The van der Waals surface area contributed by atoms with Crippen molar-refractivity contribution in [1.29, 1.82) is 0 Å². The Morgan fingerprint density at radius 3 is 2.78 bits per heavy atom. The smallest absolute Gasteiger partial charge is 0.124 e. The molecule has 2 N–H and O–H groups in total. The van der Waals surface area contributed by atoms with E-state index in [-0.39, 0.29) is 6.04 Å². The summed E-state index contributed by atoms with van der Waals surface area (Å²) in [6.07, 6.45) is 14.2. The number of piperazine rings is 1. The van der Waals surface area contributed by atoms with E-state index in [1.54, 1.807) is 0 Å². The first-order valence-corrected chi connectivity index (χ1v) is 8.94. The molecule has 2 heterocycles. The second-order valence-electron chi connectivity index (χ2n) is 6.73. The van der Waals surface area contributed by atoms with Crippen molar-refractivity contribution in [3.63, 3.8) is 0 Å². The van der Waals surface area contributed by atoms with E-state index in [9.17, 15) is 5.11 Å². The number of rotatable bonds is 7. The van der Waals surface area contributed by atoms with Gasteiger partial charge in [-0.1, -0.05) is 43.4 Å². The van der Waals surface area contributed by atoms with Crippen molar-refractivity contribution in [3.05, 3.63) is 36.5 Å². The standard InChI is InChI=1S/C19H33N3O/c1-5-7-8-9-10-11-12-16-19(23)20-18-15(3)22(16)14-17(18)21(4)13-6-2/h5,7,9-12,15-20,23H,6,8,13-14H2,1-4H3/b7-5-,10-9?,12-11+. The molecule has 23 heavy (non-hydrogen) atoms. The lowest BCUT2D eigenvalue weighted by atomic mass is 10.0. The highest BCUT2D eigenvalue weighted by Crippen LogP contribution is 2.30. The summed E-state index contributed by atoms with van der Waals surface area (Å²) < 4.78 is 0. The molecule has 0 amide bonds. The average molecular weight is 319 g/mol. The lowest BCUT2D eigenvalue weighted by Gasteiger charge is -2.41. The molecular weight excluding hydrogens is 286 g/mol. The van der Waals surface area contributed by atoms with E-state index in [0.29, 0.717) is 18.1 Å². The second-order valence-corrected chi connectivity index (χ2v) is 6.73. The van der Waals surface area contributed by atoms with Crippen molar-refractivity contribution in [2.24, 2.45) is 0 Å². The van der Waals surface area contributed by atoms with Gasteiger partial charge in [0.2, 0.25) is 0 Å². The van der Waals surface area contributed by atoms with E-state index in [4.69, 9.17) is 0 Å². The molecule has 6 unspecified atom stereocenters. The molecule has 0 aromatic rings. The molecule has 0 spiro atoms. The summed E-state index contributed by atoms with van der Waals surface area (Å²) in [5.74, 6) is 0. The first-order chi connectivity index (χ1) is 11.1. The van der Waals surface area contributed by atoms with Crippen molar-refractivity contribution in [2.45, 2.75) is 64.0 Å². The van der Waals surface area contributed by atoms with E-state index in [1.807, 2.05) is 6.92 Å². The number of hydrogen-bond donors (Lipinski definition) is 2. The van der Waals surface area contributed by atoms with Crippen molar-refractivity contribution < 1.29 is 5.11 Å². The highest BCUT2D eigenvalue weighted by atomic mass is 16.3. The fraction of sp³-hybridized carbons (Fsp3) is 0.684. The molecule has 130 valence electrons. The predicted octanol–water partition coefficient (Wildman–Crippen LogP) is 2.14. The highest BCUT2D eigenvalue weighted by Gasteiger charge is 2.49. The first kappa shape index (κ1) is 18.4. The minimum atomic E-state index is -0.489. The van der Waals surface area contributed by atoms with Crippen LogP contribution in [-0.2, 0) is 0 Å². The van der Waals surface area contributed by atoms with Crippen LogP contribution >= 0.6 is 0 Å². The Morgan fingerprint density at radius 2 is 2.09 bits per heavy atom. The number of aliphatic hydroxyl groups is 1. The van der Waals surface area contributed by atoms with Crippen LogP contribution in [0.3, 0.4) is 0 Å². The first-order valence-electron chi connectivity index (χ1n) is 8.94. The molecule has 6 atom stereocenters. The van der Waals surface area contributed by atoms with Gasteiger partial charge in [-0.3, -0.25) is 10.2 Å². The zero-order valence-electron chi connectivity index (χ0n) is 15.0. The van der Waals surface area contributed by atoms with Crippen LogP contribution in [0.25, 0.3) is 0 Å². The zero-order chi connectivity index (χ0) is 16.8. The molecule has 2 saturated heterocycles. The van der Waals surface area contributed by atoms with Crippen LogP contribution in [0.4, 0.5) is 0 Å². The molecule has 0 saturated carbocycles. The Bertz CT molecular complexity index is 446. The third-order valence-electron chi connectivity index (χ3n) is 5.13. The Labute approximate surface area is 141 Å². The third kappa shape index (κ3) is 4.32. The number of fused-ring (bicyclic) bond motifs is 2. The van der Waals surface area contributed by atoms with Crippen LogP contribution in [0.2, 0.25) is 0 Å². The van der Waals surface area contributed by atoms with Gasteiger partial charge in [-0.25, -0.2) is 0 Å². The SMILES string of the molecule is C/C=C\CC=C/C=C/C1C(O)NC2C(N(C)CCC)CN1C2C. The van der Waals surface area contributed by atoms with Gasteiger partial charge in [-0.15, -0.1) is 0 Å². The van der Waals surface area contributed by atoms with Crippen molar-refractivity contribution in [2.75, 3.05) is 20.1 Å². The fourth-order valence-corrected chi connectivity index (χ4v) is 3.84. The maximum absolute atomic E-state index is 10.5. The molecule has 4 heteroatoms. The Morgan fingerprint density at radius 1 is 1.30 bits per heavy atom. The summed E-state index contributed by atoms with van der Waals surface area (Å²) in [6.45, 7) is 8.64. The zero-order valence-corrected chi connectivity index (χ0v) is 15.0. The van der Waals surface area contributed by atoms with Crippen LogP contribution in [0, 0.1) is 0 Å². The number of hydrogen-bond acceptors (Lipinski definition) is 4. The highest BCUT2D eigenvalue weighted by molar-refractivity contribution is 5.16. The molecule has 2 bridgehead atoms. The summed E-state index contributed by atoms with van der Waals surface area (Å²) in [4.78, 5) is 4.88. The number of likely N-dealkylation sites (N-methyl/N-ethyl adjacent to an activating group) is 1. The summed E-state index contributed by atoms with van der Waals surface area (Å²) >= 11 is 0. The third-order valence-corrected chi connectivity index (χ3v) is 5.13. The maximum Gasteiger partial charge on any atom is 0.124 e. The van der Waals surface area contributed by atoms with E-state index in [2.05, 4.69) is 72.5 Å². The average Bonchev–Trinajstić information content (AvgIpc) is 2.75. The topological polar surface area (TPSA) is 38.7 Å². The maximum atomic E-state index is 10.5. The second kappa shape index (κ2) is 8.78. The van der Waals surface area contributed by atoms with Gasteiger partial charge in [0.1, 0.15) is 6.23 Å². The molecule has 2 fully saturated rings. The number of aliphatic hydroxyl groups excluding tert-OH is 1. The molecule has 4 nitrogen and oxygen atoms in total. The van der Waals surface area contributed by atoms with Gasteiger partial charge in [0.15, 0.2) is 0 Å². The predicted molar refractivity (Wildman–Crippen MR) is 97.3 cm³/mol. The van der Waals surface area contributed by atoms with Gasteiger partial charge >= 0.3 is 0 Å². The Hall–Kier alpha value is -0.940. The number of nitrogens with zero attached hydrogens (tertiary/aromatic N) is 2. The van der Waals surface area contributed by atoms with E-state index < -0.39 is 6.23 Å². The van der Waals surface area contributed by atoms with Crippen molar-refractivity contribution in [3.8, 4) is 0 Å². The molecule has 0 aliphatic carbocycles. The molecular formula is C19H33N3O. The lowest BCUT2D eigenvalue weighted by Crippen LogP contribution is -2.62. The Kier molecular flexibility index (Phi) is 7.03. The van der Waals surface area contributed by atoms with Gasteiger partial charge in [0.05, 0.1) is 6.04 Å². The van der Waals surface area contributed by atoms with Gasteiger partial charge in [-0.05, 0) is 40.3 Å². The quantitative estimate of drug-likeness (QED) is 0.557. The van der Waals surface area contributed by atoms with Gasteiger partial charge in [-0.2, -0.15) is 0 Å². The summed E-state index contributed by atoms with van der Waals surface area (Å²) in [7, 11) is 2.20. The summed E-state index contributed by atoms with van der Waals surface area (Å²) in [5.41, 5.74) is 0. The molecule has 0 radical (unpaired) electrons. The largest absolute Gasteiger partial charge is 0.377 e.